The third-order valence-corrected chi connectivity index (χ3v) is 5.78. The second-order valence-electron chi connectivity index (χ2n) is 7.31. The molecule has 0 radical (unpaired) electrons. The zero-order chi connectivity index (χ0) is 18.6. The molecule has 4 heteroatoms. The van der Waals surface area contributed by atoms with Crippen LogP contribution in [0.1, 0.15) is 19.4 Å². The highest BCUT2D eigenvalue weighted by Crippen LogP contribution is 2.23. The molecular weight excluding hydrogens is 332 g/mol. The van der Waals surface area contributed by atoms with Crippen molar-refractivity contribution in [2.45, 2.75) is 20.4 Å². The van der Waals surface area contributed by atoms with E-state index in [2.05, 4.69) is 88.3 Å². The summed E-state index contributed by atoms with van der Waals surface area (Å²) in [6, 6.07) is 17.7. The summed E-state index contributed by atoms with van der Waals surface area (Å²) in [7, 11) is 0. The molecule has 0 spiro atoms. The Morgan fingerprint density at radius 1 is 0.889 bits per heavy atom. The summed E-state index contributed by atoms with van der Waals surface area (Å²) >= 11 is 0. The number of anilines is 2. The van der Waals surface area contributed by atoms with Crippen molar-refractivity contribution >= 4 is 22.3 Å². The topological polar surface area (TPSA) is 25.5 Å². The molecule has 1 saturated heterocycles. The third-order valence-electron chi connectivity index (χ3n) is 5.78. The third kappa shape index (κ3) is 3.81. The second-order valence-corrected chi connectivity index (χ2v) is 7.31. The summed E-state index contributed by atoms with van der Waals surface area (Å²) in [5.41, 5.74) is 5.31. The maximum Gasteiger partial charge on any atom is 0.0457 e. The average molecular weight is 363 g/mol. The lowest BCUT2D eigenvalue weighted by atomic mass is 10.1. The zero-order valence-electron chi connectivity index (χ0n) is 16.5. The van der Waals surface area contributed by atoms with E-state index in [0.29, 0.717) is 0 Å². The maximum absolute atomic E-state index is 3.40. The summed E-state index contributed by atoms with van der Waals surface area (Å²) < 4.78 is 0. The molecule has 1 fully saturated rings. The number of hydrogen-bond acceptors (Lipinski definition) is 3. The number of hydrogen-bond donors (Lipinski definition) is 1. The van der Waals surface area contributed by atoms with Crippen LogP contribution in [0.4, 0.5) is 11.4 Å². The fourth-order valence-corrected chi connectivity index (χ4v) is 4.13. The highest BCUT2D eigenvalue weighted by Gasteiger charge is 2.18. The molecule has 1 N–H and O–H groups in total. The minimum Gasteiger partial charge on any atom is -0.372 e. The fraction of sp³-hybridized carbons (Fsp3) is 0.391. The van der Waals surface area contributed by atoms with Crippen molar-refractivity contribution in [2.24, 2.45) is 0 Å². The number of nitrogens with one attached hydrogen (secondary N) is 1. The molecule has 0 bridgehead atoms. The Hall–Kier alpha value is -2.46. The Kier molecular flexibility index (Phi) is 5.35. The number of benzene rings is 2. The Labute approximate surface area is 162 Å². The molecule has 0 saturated carbocycles. The minimum absolute atomic E-state index is 1.03. The van der Waals surface area contributed by atoms with Gasteiger partial charge in [0.15, 0.2) is 0 Å². The number of aromatic nitrogens is 1. The molecular formula is C23H30N4. The van der Waals surface area contributed by atoms with Gasteiger partial charge in [-0.1, -0.05) is 18.2 Å². The van der Waals surface area contributed by atoms with Gasteiger partial charge in [0.05, 0.1) is 0 Å². The van der Waals surface area contributed by atoms with Crippen LogP contribution in [0.5, 0.6) is 0 Å². The van der Waals surface area contributed by atoms with E-state index in [0.717, 1.165) is 45.8 Å². The number of fused-ring (bicyclic) bond motifs is 1. The minimum atomic E-state index is 1.03. The molecule has 0 amide bonds. The van der Waals surface area contributed by atoms with Gasteiger partial charge in [0.1, 0.15) is 0 Å². The largest absolute Gasteiger partial charge is 0.372 e. The summed E-state index contributed by atoms with van der Waals surface area (Å²) in [6.45, 7) is 12.0. The zero-order valence-corrected chi connectivity index (χ0v) is 16.5. The Morgan fingerprint density at radius 3 is 2.30 bits per heavy atom. The quantitative estimate of drug-likeness (QED) is 0.706. The van der Waals surface area contributed by atoms with E-state index in [4.69, 9.17) is 0 Å². The Morgan fingerprint density at radius 2 is 1.59 bits per heavy atom. The number of piperazine rings is 1. The first kappa shape index (κ1) is 17.9. The smallest absolute Gasteiger partial charge is 0.0457 e. The summed E-state index contributed by atoms with van der Waals surface area (Å²) in [4.78, 5) is 10.9. The van der Waals surface area contributed by atoms with E-state index < -0.39 is 0 Å². The molecule has 2 heterocycles. The predicted octanol–water partition coefficient (Wildman–Crippen LogP) is 4.34. The van der Waals surface area contributed by atoms with Gasteiger partial charge in [0, 0.05) is 74.3 Å². The van der Waals surface area contributed by atoms with E-state index in [9.17, 15) is 0 Å². The molecule has 27 heavy (non-hydrogen) atoms. The van der Waals surface area contributed by atoms with Gasteiger partial charge in [-0.25, -0.2) is 0 Å². The lowest BCUT2D eigenvalue weighted by Crippen LogP contribution is -2.45. The van der Waals surface area contributed by atoms with Gasteiger partial charge in [0.2, 0.25) is 0 Å². The van der Waals surface area contributed by atoms with E-state index in [-0.39, 0.29) is 0 Å². The SMILES string of the molecule is CCN(CC)c1ccc(N2CCN(Cc3c[nH]c4ccccc34)CC2)cc1. The second kappa shape index (κ2) is 8.05. The number of nitrogens with zero attached hydrogens (tertiary/aromatic N) is 3. The lowest BCUT2D eigenvalue weighted by Gasteiger charge is -2.36. The van der Waals surface area contributed by atoms with E-state index in [1.54, 1.807) is 0 Å². The molecule has 4 nitrogen and oxygen atoms in total. The Bertz CT molecular complexity index is 855. The van der Waals surface area contributed by atoms with Crippen LogP contribution in [0.2, 0.25) is 0 Å². The summed E-state index contributed by atoms with van der Waals surface area (Å²) in [6.07, 6.45) is 2.17. The van der Waals surface area contributed by atoms with Crippen LogP contribution >= 0.6 is 0 Å². The molecule has 0 atom stereocenters. The first-order valence-corrected chi connectivity index (χ1v) is 10.2. The predicted molar refractivity (Wildman–Crippen MR) is 116 cm³/mol. The monoisotopic (exact) mass is 362 g/mol. The van der Waals surface area contributed by atoms with E-state index in [1.165, 1.54) is 27.8 Å². The Balaban J connectivity index is 1.36. The van der Waals surface area contributed by atoms with Crippen molar-refractivity contribution < 1.29 is 0 Å². The molecule has 142 valence electrons. The highest BCUT2D eigenvalue weighted by atomic mass is 15.3. The summed E-state index contributed by atoms with van der Waals surface area (Å²) in [5, 5.41) is 1.35. The molecule has 3 aromatic rings. The molecule has 2 aromatic carbocycles. The van der Waals surface area contributed by atoms with Crippen molar-refractivity contribution in [3.8, 4) is 0 Å². The highest BCUT2D eigenvalue weighted by molar-refractivity contribution is 5.82. The van der Waals surface area contributed by atoms with Crippen LogP contribution in [-0.2, 0) is 6.54 Å². The molecule has 1 aliphatic heterocycles. The number of H-pyrrole nitrogens is 1. The van der Waals surface area contributed by atoms with Crippen molar-refractivity contribution in [2.75, 3.05) is 49.1 Å². The van der Waals surface area contributed by atoms with Crippen LogP contribution in [0.3, 0.4) is 0 Å². The first-order chi connectivity index (χ1) is 13.3. The van der Waals surface area contributed by atoms with Crippen LogP contribution in [0.25, 0.3) is 10.9 Å². The van der Waals surface area contributed by atoms with E-state index in [1.807, 2.05) is 0 Å². The van der Waals surface area contributed by atoms with Gasteiger partial charge in [0.25, 0.3) is 0 Å². The van der Waals surface area contributed by atoms with Crippen LogP contribution < -0.4 is 9.80 Å². The van der Waals surface area contributed by atoms with Gasteiger partial charge in [-0.3, -0.25) is 4.90 Å². The summed E-state index contributed by atoms with van der Waals surface area (Å²) in [5.74, 6) is 0. The van der Waals surface area contributed by atoms with Gasteiger partial charge < -0.3 is 14.8 Å². The molecule has 4 rings (SSSR count). The molecule has 0 unspecified atom stereocenters. The molecule has 0 aliphatic carbocycles. The number of rotatable bonds is 6. The molecule has 1 aromatic heterocycles. The lowest BCUT2D eigenvalue weighted by molar-refractivity contribution is 0.250. The van der Waals surface area contributed by atoms with Crippen LogP contribution in [-0.4, -0.2) is 49.2 Å². The average Bonchev–Trinajstić information content (AvgIpc) is 3.13. The maximum atomic E-state index is 3.40. The van der Waals surface area contributed by atoms with Crippen molar-refractivity contribution in [1.29, 1.82) is 0 Å². The van der Waals surface area contributed by atoms with E-state index >= 15 is 0 Å². The number of para-hydroxylation sites is 1. The van der Waals surface area contributed by atoms with Gasteiger partial charge in [-0.15, -0.1) is 0 Å². The van der Waals surface area contributed by atoms with Gasteiger partial charge in [-0.2, -0.15) is 0 Å². The standard InChI is InChI=1S/C23H30N4/c1-3-26(4-2)20-9-11-21(12-10-20)27-15-13-25(14-16-27)18-19-17-24-23-8-6-5-7-22(19)23/h5-12,17,24H,3-4,13-16,18H2,1-2H3. The van der Waals surface area contributed by atoms with Crippen molar-refractivity contribution in [3.63, 3.8) is 0 Å². The normalized spacial score (nSPS) is 15.4. The molecule has 1 aliphatic rings. The van der Waals surface area contributed by atoms with Crippen molar-refractivity contribution in [3.05, 3.63) is 60.3 Å². The van der Waals surface area contributed by atoms with Crippen molar-refractivity contribution in [1.82, 2.24) is 9.88 Å². The van der Waals surface area contributed by atoms with Crippen LogP contribution in [0.15, 0.2) is 54.7 Å². The van der Waals surface area contributed by atoms with Crippen LogP contribution in [0, 0.1) is 0 Å². The van der Waals surface area contributed by atoms with Gasteiger partial charge in [-0.05, 0) is 49.7 Å². The fourth-order valence-electron chi connectivity index (χ4n) is 4.13. The van der Waals surface area contributed by atoms with Gasteiger partial charge >= 0.3 is 0 Å². The first-order valence-electron chi connectivity index (χ1n) is 10.2. The number of aromatic amines is 1.